The van der Waals surface area contributed by atoms with Crippen molar-refractivity contribution in [2.24, 2.45) is 5.10 Å². The number of carbonyl (C=O) groups is 2. The number of carbonyl (C=O) groups excluding carboxylic acids is 2. The third-order valence-corrected chi connectivity index (χ3v) is 4.33. The second-order valence-electron chi connectivity index (χ2n) is 6.55. The Labute approximate surface area is 179 Å². The minimum absolute atomic E-state index is 0.0120. The SMILES string of the molecule is O=C(CCC(=O)N(c1ccccc1)c1ccccc1)N/N=C/c1cccc([N+](=O)[O-])c1. The van der Waals surface area contributed by atoms with Gasteiger partial charge < -0.3 is 0 Å². The van der Waals surface area contributed by atoms with E-state index in [1.54, 1.807) is 11.0 Å². The van der Waals surface area contributed by atoms with Crippen LogP contribution in [0.3, 0.4) is 0 Å². The number of benzene rings is 3. The van der Waals surface area contributed by atoms with Crippen molar-refractivity contribution in [3.8, 4) is 0 Å². The topological polar surface area (TPSA) is 105 Å². The Hall–Kier alpha value is -4.33. The molecule has 3 aromatic carbocycles. The lowest BCUT2D eigenvalue weighted by molar-refractivity contribution is -0.384. The van der Waals surface area contributed by atoms with E-state index in [1.807, 2.05) is 60.7 Å². The number of para-hydroxylation sites is 2. The maximum absolute atomic E-state index is 12.9. The summed E-state index contributed by atoms with van der Waals surface area (Å²) in [6.07, 6.45) is 1.25. The average molecular weight is 416 g/mol. The van der Waals surface area contributed by atoms with Gasteiger partial charge in [0.15, 0.2) is 0 Å². The van der Waals surface area contributed by atoms with Crippen molar-refractivity contribution in [1.82, 2.24) is 5.43 Å². The molecule has 0 aromatic heterocycles. The number of rotatable bonds is 8. The van der Waals surface area contributed by atoms with Crippen molar-refractivity contribution in [3.05, 3.63) is 101 Å². The van der Waals surface area contributed by atoms with Crippen LogP contribution in [0.5, 0.6) is 0 Å². The van der Waals surface area contributed by atoms with Crippen molar-refractivity contribution in [1.29, 1.82) is 0 Å². The number of hydrazone groups is 1. The van der Waals surface area contributed by atoms with Crippen molar-refractivity contribution in [3.63, 3.8) is 0 Å². The lowest BCUT2D eigenvalue weighted by Crippen LogP contribution is -2.27. The molecule has 8 nitrogen and oxygen atoms in total. The molecule has 3 aromatic rings. The van der Waals surface area contributed by atoms with Gasteiger partial charge in [0.25, 0.3) is 5.69 Å². The van der Waals surface area contributed by atoms with Crippen molar-refractivity contribution < 1.29 is 14.5 Å². The number of hydrogen-bond acceptors (Lipinski definition) is 5. The number of amides is 2. The summed E-state index contributed by atoms with van der Waals surface area (Å²) in [7, 11) is 0. The first-order valence-electron chi connectivity index (χ1n) is 9.54. The van der Waals surface area contributed by atoms with Crippen LogP contribution < -0.4 is 10.3 Å². The zero-order valence-electron chi connectivity index (χ0n) is 16.5. The van der Waals surface area contributed by atoms with Gasteiger partial charge in [0.1, 0.15) is 0 Å². The van der Waals surface area contributed by atoms with E-state index in [-0.39, 0.29) is 24.4 Å². The smallest absolute Gasteiger partial charge is 0.270 e. The van der Waals surface area contributed by atoms with Gasteiger partial charge in [-0.15, -0.1) is 0 Å². The summed E-state index contributed by atoms with van der Waals surface area (Å²) >= 11 is 0. The molecule has 0 bridgehead atoms. The quantitative estimate of drug-likeness (QED) is 0.338. The van der Waals surface area contributed by atoms with Crippen LogP contribution in [0.1, 0.15) is 18.4 Å². The predicted molar refractivity (Wildman–Crippen MR) is 118 cm³/mol. The Morgan fingerprint density at radius 2 is 1.52 bits per heavy atom. The molecule has 31 heavy (non-hydrogen) atoms. The van der Waals surface area contributed by atoms with Gasteiger partial charge in [0.05, 0.1) is 11.1 Å². The van der Waals surface area contributed by atoms with Gasteiger partial charge in [-0.2, -0.15) is 5.10 Å². The summed E-state index contributed by atoms with van der Waals surface area (Å²) in [5.41, 5.74) is 4.18. The molecule has 0 spiro atoms. The maximum atomic E-state index is 12.9. The fourth-order valence-electron chi connectivity index (χ4n) is 2.88. The van der Waals surface area contributed by atoms with E-state index in [4.69, 9.17) is 0 Å². The Balaban J connectivity index is 1.60. The Morgan fingerprint density at radius 3 is 2.10 bits per heavy atom. The Morgan fingerprint density at radius 1 is 0.903 bits per heavy atom. The van der Waals surface area contributed by atoms with Crippen LogP contribution in [-0.4, -0.2) is 23.0 Å². The van der Waals surface area contributed by atoms with Gasteiger partial charge in [-0.05, 0) is 24.3 Å². The molecule has 0 unspecified atom stereocenters. The van der Waals surface area contributed by atoms with Crippen molar-refractivity contribution >= 4 is 35.1 Å². The maximum Gasteiger partial charge on any atom is 0.270 e. The molecule has 0 aliphatic heterocycles. The van der Waals surface area contributed by atoms with Crippen LogP contribution in [0, 0.1) is 10.1 Å². The molecule has 0 atom stereocenters. The lowest BCUT2D eigenvalue weighted by atomic mass is 10.2. The molecule has 0 aliphatic carbocycles. The number of nitrogens with one attached hydrogen (secondary N) is 1. The largest absolute Gasteiger partial charge is 0.281 e. The molecular weight excluding hydrogens is 396 g/mol. The molecule has 8 heteroatoms. The van der Waals surface area contributed by atoms with Crippen LogP contribution in [0.4, 0.5) is 17.1 Å². The molecule has 0 aliphatic rings. The molecule has 3 rings (SSSR count). The minimum Gasteiger partial charge on any atom is -0.281 e. The highest BCUT2D eigenvalue weighted by Gasteiger charge is 2.18. The van der Waals surface area contributed by atoms with E-state index in [0.717, 1.165) is 0 Å². The van der Waals surface area contributed by atoms with Crippen molar-refractivity contribution in [2.45, 2.75) is 12.8 Å². The van der Waals surface area contributed by atoms with E-state index in [9.17, 15) is 19.7 Å². The molecule has 0 radical (unpaired) electrons. The first-order chi connectivity index (χ1) is 15.0. The Kier molecular flexibility index (Phi) is 7.21. The second-order valence-corrected chi connectivity index (χ2v) is 6.55. The number of anilines is 2. The summed E-state index contributed by atoms with van der Waals surface area (Å²) in [5, 5.41) is 14.6. The molecule has 0 heterocycles. The summed E-state index contributed by atoms with van der Waals surface area (Å²) in [6, 6.07) is 24.3. The second kappa shape index (κ2) is 10.4. The lowest BCUT2D eigenvalue weighted by Gasteiger charge is -2.23. The number of non-ortho nitro benzene ring substituents is 1. The average Bonchev–Trinajstić information content (AvgIpc) is 2.79. The summed E-state index contributed by atoms with van der Waals surface area (Å²) in [4.78, 5) is 36.9. The zero-order valence-corrected chi connectivity index (χ0v) is 16.5. The van der Waals surface area contributed by atoms with Crippen LogP contribution >= 0.6 is 0 Å². The molecule has 0 saturated carbocycles. The fourth-order valence-corrected chi connectivity index (χ4v) is 2.88. The van der Waals surface area contributed by atoms with E-state index >= 15 is 0 Å². The molecule has 1 N–H and O–H groups in total. The van der Waals surface area contributed by atoms with Gasteiger partial charge in [0.2, 0.25) is 11.8 Å². The van der Waals surface area contributed by atoms with Gasteiger partial charge in [0, 0.05) is 41.9 Å². The van der Waals surface area contributed by atoms with Crippen LogP contribution in [0.15, 0.2) is 90.0 Å². The third-order valence-electron chi connectivity index (χ3n) is 4.33. The first kappa shape index (κ1) is 21.4. The zero-order chi connectivity index (χ0) is 22.1. The van der Waals surface area contributed by atoms with Gasteiger partial charge in [-0.1, -0.05) is 48.5 Å². The highest BCUT2D eigenvalue weighted by molar-refractivity contribution is 6.01. The summed E-state index contributed by atoms with van der Waals surface area (Å²) < 4.78 is 0. The van der Waals surface area contributed by atoms with Gasteiger partial charge >= 0.3 is 0 Å². The third kappa shape index (κ3) is 6.07. The van der Waals surface area contributed by atoms with Crippen LogP contribution in [0.2, 0.25) is 0 Å². The Bertz CT molecular complexity index is 1050. The van der Waals surface area contributed by atoms with Crippen LogP contribution in [-0.2, 0) is 9.59 Å². The van der Waals surface area contributed by atoms with E-state index in [2.05, 4.69) is 10.5 Å². The highest BCUT2D eigenvalue weighted by Crippen LogP contribution is 2.26. The monoisotopic (exact) mass is 416 g/mol. The van der Waals surface area contributed by atoms with E-state index < -0.39 is 10.8 Å². The number of nitrogens with zero attached hydrogens (tertiary/aromatic N) is 3. The molecule has 2 amide bonds. The number of hydrogen-bond donors (Lipinski definition) is 1. The fraction of sp³-hybridized carbons (Fsp3) is 0.0870. The number of nitro groups is 1. The van der Waals surface area contributed by atoms with Gasteiger partial charge in [-0.3, -0.25) is 24.6 Å². The highest BCUT2D eigenvalue weighted by atomic mass is 16.6. The molecule has 0 fully saturated rings. The van der Waals surface area contributed by atoms with Crippen LogP contribution in [0.25, 0.3) is 0 Å². The molecule has 0 saturated heterocycles. The van der Waals surface area contributed by atoms with E-state index in [1.165, 1.54) is 24.4 Å². The predicted octanol–water partition coefficient (Wildman–Crippen LogP) is 4.19. The molecule has 156 valence electrons. The standard InChI is InChI=1S/C23H20N4O4/c28-22(25-24-17-18-8-7-13-21(16-18)27(30)31)14-15-23(29)26(19-9-3-1-4-10-19)20-11-5-2-6-12-20/h1-13,16-17H,14-15H2,(H,25,28)/b24-17+. The first-order valence-corrected chi connectivity index (χ1v) is 9.54. The summed E-state index contributed by atoms with van der Waals surface area (Å²) in [6.45, 7) is 0. The van der Waals surface area contributed by atoms with Gasteiger partial charge in [-0.25, -0.2) is 5.43 Å². The normalized spacial score (nSPS) is 10.6. The van der Waals surface area contributed by atoms with E-state index in [0.29, 0.717) is 16.9 Å². The summed E-state index contributed by atoms with van der Waals surface area (Å²) in [5.74, 6) is -0.661. The minimum atomic E-state index is -0.507. The van der Waals surface area contributed by atoms with Crippen molar-refractivity contribution in [2.75, 3.05) is 4.90 Å². The number of nitro benzene ring substituents is 1. The molecular formula is C23H20N4O4.